The Labute approximate surface area is 175 Å². The predicted molar refractivity (Wildman–Crippen MR) is 116 cm³/mol. The van der Waals surface area contributed by atoms with E-state index in [1.165, 1.54) is 38.5 Å². The molecule has 1 saturated carbocycles. The molecule has 29 heavy (non-hydrogen) atoms. The molecule has 0 aromatic carbocycles. The highest BCUT2D eigenvalue weighted by Gasteiger charge is 2.40. The molecule has 2 saturated heterocycles. The molecular weight excluding hydrogens is 362 g/mol. The van der Waals surface area contributed by atoms with Crippen molar-refractivity contribution in [3.05, 3.63) is 18.2 Å². The van der Waals surface area contributed by atoms with Gasteiger partial charge in [-0.2, -0.15) is 0 Å². The molecule has 3 aliphatic rings. The Bertz CT molecular complexity index is 678. The van der Waals surface area contributed by atoms with Crippen molar-refractivity contribution in [3.8, 4) is 0 Å². The van der Waals surface area contributed by atoms with Crippen LogP contribution in [-0.4, -0.2) is 71.0 Å². The number of carbonyl (C=O) groups is 1. The monoisotopic (exact) mass is 399 g/mol. The fourth-order valence-corrected chi connectivity index (χ4v) is 5.54. The summed E-state index contributed by atoms with van der Waals surface area (Å²) < 4.78 is 0. The second kappa shape index (κ2) is 8.58. The lowest BCUT2D eigenvalue weighted by Gasteiger charge is -2.49. The first kappa shape index (κ1) is 20.6. The van der Waals surface area contributed by atoms with Gasteiger partial charge in [0.05, 0.1) is 18.1 Å². The Morgan fingerprint density at radius 2 is 1.55 bits per heavy atom. The summed E-state index contributed by atoms with van der Waals surface area (Å²) in [6.45, 7) is 12.3. The zero-order chi connectivity index (χ0) is 20.4. The molecular formula is C23H37N5O. The van der Waals surface area contributed by atoms with Gasteiger partial charge in [0.2, 0.25) is 5.91 Å². The molecule has 1 aromatic rings. The van der Waals surface area contributed by atoms with Crippen molar-refractivity contribution in [3.63, 3.8) is 0 Å². The highest BCUT2D eigenvalue weighted by Crippen LogP contribution is 2.45. The van der Waals surface area contributed by atoms with Crippen LogP contribution < -0.4 is 4.90 Å². The van der Waals surface area contributed by atoms with E-state index in [4.69, 9.17) is 0 Å². The highest BCUT2D eigenvalue weighted by molar-refractivity contribution is 5.78. The van der Waals surface area contributed by atoms with Gasteiger partial charge in [-0.15, -0.1) is 0 Å². The summed E-state index contributed by atoms with van der Waals surface area (Å²) in [7, 11) is 0. The van der Waals surface area contributed by atoms with Crippen LogP contribution in [0.4, 0.5) is 5.69 Å². The summed E-state index contributed by atoms with van der Waals surface area (Å²) in [6.07, 6.45) is 11.7. The minimum absolute atomic E-state index is 0.130. The summed E-state index contributed by atoms with van der Waals surface area (Å²) in [5, 5.41) is 0. The van der Waals surface area contributed by atoms with Gasteiger partial charge in [0.1, 0.15) is 5.82 Å². The van der Waals surface area contributed by atoms with Gasteiger partial charge in [-0.1, -0.05) is 13.8 Å². The standard InChI is InChI=1S/C23H37N5O/c1-18(2)22(29)28-10-8-23(9-11-28)6-4-20(5-7-23)26-12-14-27(15-13-26)21-16-24-19(3)25-17-21/h16-18,20H,4-15H2,1-3H3. The molecule has 3 fully saturated rings. The predicted octanol–water partition coefficient (Wildman–Crippen LogP) is 3.11. The van der Waals surface area contributed by atoms with Gasteiger partial charge in [0.15, 0.2) is 0 Å². The molecule has 0 unspecified atom stereocenters. The minimum atomic E-state index is 0.130. The number of aromatic nitrogens is 2. The maximum Gasteiger partial charge on any atom is 0.225 e. The van der Waals surface area contributed by atoms with Crippen molar-refractivity contribution < 1.29 is 4.79 Å². The van der Waals surface area contributed by atoms with Gasteiger partial charge in [-0.3, -0.25) is 9.69 Å². The van der Waals surface area contributed by atoms with Crippen molar-refractivity contribution in [2.45, 2.75) is 65.3 Å². The Hall–Kier alpha value is -1.69. The number of likely N-dealkylation sites (tertiary alicyclic amines) is 1. The number of aryl methyl sites for hydroxylation is 1. The average Bonchev–Trinajstić information content (AvgIpc) is 2.75. The third-order valence-corrected chi connectivity index (χ3v) is 7.61. The lowest BCUT2D eigenvalue weighted by Crippen LogP contribution is -2.53. The largest absolute Gasteiger partial charge is 0.366 e. The van der Waals surface area contributed by atoms with Gasteiger partial charge in [-0.25, -0.2) is 9.97 Å². The SMILES string of the molecule is Cc1ncc(N2CCN(C3CCC4(CC3)CCN(C(=O)C(C)C)CC4)CC2)cn1. The van der Waals surface area contributed by atoms with Gasteiger partial charge < -0.3 is 9.80 Å². The molecule has 6 nitrogen and oxygen atoms in total. The Kier molecular flexibility index (Phi) is 6.09. The summed E-state index contributed by atoms with van der Waals surface area (Å²) in [5.74, 6) is 1.30. The quantitative estimate of drug-likeness (QED) is 0.782. The van der Waals surface area contributed by atoms with Crippen LogP contribution in [0.1, 0.15) is 58.2 Å². The van der Waals surface area contributed by atoms with Crippen LogP contribution in [0.2, 0.25) is 0 Å². The van der Waals surface area contributed by atoms with E-state index >= 15 is 0 Å². The molecule has 1 amide bonds. The van der Waals surface area contributed by atoms with E-state index in [0.717, 1.165) is 56.8 Å². The molecule has 160 valence electrons. The molecule has 0 radical (unpaired) electrons. The summed E-state index contributed by atoms with van der Waals surface area (Å²) >= 11 is 0. The molecule has 0 bridgehead atoms. The first-order chi connectivity index (χ1) is 14.0. The van der Waals surface area contributed by atoms with Gasteiger partial charge in [0, 0.05) is 51.2 Å². The summed E-state index contributed by atoms with van der Waals surface area (Å²) in [6, 6.07) is 0.743. The minimum Gasteiger partial charge on any atom is -0.366 e. The summed E-state index contributed by atoms with van der Waals surface area (Å²) in [5.41, 5.74) is 1.66. The number of rotatable bonds is 3. The maximum absolute atomic E-state index is 12.3. The van der Waals surface area contributed by atoms with Crippen LogP contribution in [0, 0.1) is 18.3 Å². The molecule has 2 aliphatic heterocycles. The van der Waals surface area contributed by atoms with E-state index in [0.29, 0.717) is 11.3 Å². The molecule has 1 spiro atoms. The second-order valence-corrected chi connectivity index (χ2v) is 9.72. The first-order valence-electron chi connectivity index (χ1n) is 11.5. The fraction of sp³-hybridized carbons (Fsp3) is 0.783. The van der Waals surface area contributed by atoms with Crippen molar-refractivity contribution in [2.75, 3.05) is 44.2 Å². The fourth-order valence-electron chi connectivity index (χ4n) is 5.54. The topological polar surface area (TPSA) is 52.6 Å². The Balaban J connectivity index is 1.24. The number of piperazine rings is 1. The number of hydrogen-bond acceptors (Lipinski definition) is 5. The van der Waals surface area contributed by atoms with E-state index in [1.807, 2.05) is 33.2 Å². The van der Waals surface area contributed by atoms with E-state index in [1.54, 1.807) is 0 Å². The van der Waals surface area contributed by atoms with Crippen molar-refractivity contribution in [2.24, 2.45) is 11.3 Å². The average molecular weight is 400 g/mol. The van der Waals surface area contributed by atoms with Gasteiger partial charge in [0.25, 0.3) is 0 Å². The molecule has 6 heteroatoms. The highest BCUT2D eigenvalue weighted by atomic mass is 16.2. The molecule has 1 aliphatic carbocycles. The van der Waals surface area contributed by atoms with Crippen LogP contribution in [-0.2, 0) is 4.79 Å². The smallest absolute Gasteiger partial charge is 0.225 e. The summed E-state index contributed by atoms with van der Waals surface area (Å²) in [4.78, 5) is 28.2. The Morgan fingerprint density at radius 3 is 2.10 bits per heavy atom. The number of piperidine rings is 1. The van der Waals surface area contributed by atoms with Crippen molar-refractivity contribution in [1.82, 2.24) is 19.8 Å². The molecule has 0 atom stereocenters. The molecule has 3 heterocycles. The maximum atomic E-state index is 12.3. The van der Waals surface area contributed by atoms with E-state index in [-0.39, 0.29) is 5.92 Å². The second-order valence-electron chi connectivity index (χ2n) is 9.72. The zero-order valence-corrected chi connectivity index (χ0v) is 18.4. The van der Waals surface area contributed by atoms with Crippen LogP contribution in [0.25, 0.3) is 0 Å². The van der Waals surface area contributed by atoms with Crippen LogP contribution >= 0.6 is 0 Å². The van der Waals surface area contributed by atoms with Crippen molar-refractivity contribution in [1.29, 1.82) is 0 Å². The number of hydrogen-bond donors (Lipinski definition) is 0. The first-order valence-corrected chi connectivity index (χ1v) is 11.5. The number of anilines is 1. The lowest BCUT2D eigenvalue weighted by molar-refractivity contribution is -0.137. The van der Waals surface area contributed by atoms with Crippen LogP contribution in [0.3, 0.4) is 0 Å². The third kappa shape index (κ3) is 4.57. The third-order valence-electron chi connectivity index (χ3n) is 7.61. The van der Waals surface area contributed by atoms with Crippen molar-refractivity contribution >= 4 is 11.6 Å². The van der Waals surface area contributed by atoms with Crippen LogP contribution in [0.5, 0.6) is 0 Å². The van der Waals surface area contributed by atoms with Gasteiger partial charge >= 0.3 is 0 Å². The lowest BCUT2D eigenvalue weighted by atomic mass is 9.66. The number of nitrogens with zero attached hydrogens (tertiary/aromatic N) is 5. The van der Waals surface area contributed by atoms with E-state index in [9.17, 15) is 4.79 Å². The van der Waals surface area contributed by atoms with E-state index in [2.05, 4.69) is 24.7 Å². The normalized spacial score (nSPS) is 23.7. The molecule has 0 N–H and O–H groups in total. The zero-order valence-electron chi connectivity index (χ0n) is 18.4. The number of amides is 1. The van der Waals surface area contributed by atoms with Gasteiger partial charge in [-0.05, 0) is 50.9 Å². The molecule has 1 aromatic heterocycles. The number of carbonyl (C=O) groups excluding carboxylic acids is 1. The Morgan fingerprint density at radius 1 is 0.966 bits per heavy atom. The molecule has 4 rings (SSSR count). The van der Waals surface area contributed by atoms with Crippen LogP contribution in [0.15, 0.2) is 12.4 Å². The van der Waals surface area contributed by atoms with E-state index < -0.39 is 0 Å².